The van der Waals surface area contributed by atoms with Gasteiger partial charge in [0.1, 0.15) is 6.17 Å². The van der Waals surface area contributed by atoms with Gasteiger partial charge < -0.3 is 20.7 Å². The second kappa shape index (κ2) is 7.50. The van der Waals surface area contributed by atoms with Gasteiger partial charge in [-0.05, 0) is 11.1 Å². The van der Waals surface area contributed by atoms with Gasteiger partial charge in [-0.3, -0.25) is 0 Å². The summed E-state index contributed by atoms with van der Waals surface area (Å²) >= 11 is 0. The molecule has 0 spiro atoms. The lowest BCUT2D eigenvalue weighted by molar-refractivity contribution is 0.110. The van der Waals surface area contributed by atoms with Crippen molar-refractivity contribution in [2.45, 2.75) is 18.7 Å². The van der Waals surface area contributed by atoms with Crippen LogP contribution in [0.15, 0.2) is 60.7 Å². The number of amides is 3. The Kier molecular flexibility index (Phi) is 4.96. The first-order chi connectivity index (χ1) is 11.7. The van der Waals surface area contributed by atoms with E-state index in [1.54, 1.807) is 0 Å². The number of hydrogen-bond donors (Lipinski definition) is 3. The van der Waals surface area contributed by atoms with E-state index in [0.717, 1.165) is 11.1 Å². The maximum atomic E-state index is 12.3. The molecule has 0 bridgehead atoms. The summed E-state index contributed by atoms with van der Waals surface area (Å²) < 4.78 is 5.64. The monoisotopic (exact) mass is 325 g/mol. The van der Waals surface area contributed by atoms with E-state index in [0.29, 0.717) is 13.0 Å². The largest absolute Gasteiger partial charge is 0.436 e. The first-order valence-corrected chi connectivity index (χ1v) is 7.84. The molecule has 6 nitrogen and oxygen atoms in total. The molecule has 0 aromatic heterocycles. The summed E-state index contributed by atoms with van der Waals surface area (Å²) in [5.74, 6) is 0. The summed E-state index contributed by atoms with van der Waals surface area (Å²) in [5.41, 5.74) is 1.77. The summed E-state index contributed by atoms with van der Waals surface area (Å²) in [6, 6.07) is 18.8. The SMILES string of the molecule is O=C1NCCC(NC(=O)OC(c2ccccc2)c2ccccc2)N1. The normalized spacial score (nSPS) is 16.9. The van der Waals surface area contributed by atoms with E-state index in [4.69, 9.17) is 4.74 Å². The van der Waals surface area contributed by atoms with Crippen molar-refractivity contribution in [1.29, 1.82) is 0 Å². The van der Waals surface area contributed by atoms with Crippen molar-refractivity contribution in [2.75, 3.05) is 6.54 Å². The van der Waals surface area contributed by atoms with Crippen molar-refractivity contribution in [2.24, 2.45) is 0 Å². The Morgan fingerprint density at radius 1 is 1.04 bits per heavy atom. The fourth-order valence-electron chi connectivity index (χ4n) is 2.59. The van der Waals surface area contributed by atoms with Gasteiger partial charge in [0.05, 0.1) is 0 Å². The van der Waals surface area contributed by atoms with Crippen LogP contribution in [0.4, 0.5) is 9.59 Å². The predicted octanol–water partition coefficient (Wildman–Crippen LogP) is 2.53. The summed E-state index contributed by atoms with van der Waals surface area (Å²) in [7, 11) is 0. The molecule has 24 heavy (non-hydrogen) atoms. The molecule has 1 unspecified atom stereocenters. The number of carbonyl (C=O) groups excluding carboxylic acids is 2. The second-order valence-electron chi connectivity index (χ2n) is 5.49. The Bertz CT molecular complexity index is 652. The number of hydrogen-bond acceptors (Lipinski definition) is 3. The van der Waals surface area contributed by atoms with Crippen molar-refractivity contribution in [1.82, 2.24) is 16.0 Å². The van der Waals surface area contributed by atoms with Crippen molar-refractivity contribution in [3.63, 3.8) is 0 Å². The molecule has 1 aliphatic rings. The van der Waals surface area contributed by atoms with Crippen molar-refractivity contribution in [3.8, 4) is 0 Å². The molecule has 124 valence electrons. The Morgan fingerprint density at radius 3 is 2.17 bits per heavy atom. The van der Waals surface area contributed by atoms with Crippen molar-refractivity contribution in [3.05, 3.63) is 71.8 Å². The van der Waals surface area contributed by atoms with Crippen LogP contribution in [-0.2, 0) is 4.74 Å². The van der Waals surface area contributed by atoms with Gasteiger partial charge in [-0.25, -0.2) is 9.59 Å². The fourth-order valence-corrected chi connectivity index (χ4v) is 2.59. The lowest BCUT2D eigenvalue weighted by Crippen LogP contribution is -2.56. The van der Waals surface area contributed by atoms with E-state index < -0.39 is 18.4 Å². The van der Waals surface area contributed by atoms with Gasteiger partial charge in [0.25, 0.3) is 0 Å². The smallest absolute Gasteiger partial charge is 0.409 e. The molecule has 2 aromatic rings. The van der Waals surface area contributed by atoms with Gasteiger partial charge in [0.15, 0.2) is 6.10 Å². The topological polar surface area (TPSA) is 79.5 Å². The van der Waals surface area contributed by atoms with Crippen LogP contribution in [0.3, 0.4) is 0 Å². The third-order valence-corrected chi connectivity index (χ3v) is 3.75. The first-order valence-electron chi connectivity index (χ1n) is 7.84. The van der Waals surface area contributed by atoms with Gasteiger partial charge in [-0.15, -0.1) is 0 Å². The third-order valence-electron chi connectivity index (χ3n) is 3.75. The molecule has 2 aromatic carbocycles. The Balaban J connectivity index is 1.72. The third kappa shape index (κ3) is 4.04. The van der Waals surface area contributed by atoms with Crippen LogP contribution in [0.2, 0.25) is 0 Å². The van der Waals surface area contributed by atoms with E-state index in [1.807, 2.05) is 60.7 Å². The minimum atomic E-state index is -0.570. The number of urea groups is 1. The van der Waals surface area contributed by atoms with Crippen LogP contribution in [0.5, 0.6) is 0 Å². The highest BCUT2D eigenvalue weighted by atomic mass is 16.6. The van der Waals surface area contributed by atoms with Gasteiger partial charge >= 0.3 is 12.1 Å². The molecule has 3 rings (SSSR count). The van der Waals surface area contributed by atoms with Crippen LogP contribution >= 0.6 is 0 Å². The van der Waals surface area contributed by atoms with E-state index >= 15 is 0 Å². The molecule has 6 heteroatoms. The minimum absolute atomic E-state index is 0.297. The zero-order chi connectivity index (χ0) is 16.8. The van der Waals surface area contributed by atoms with E-state index in [2.05, 4.69) is 16.0 Å². The molecule has 1 heterocycles. The maximum Gasteiger partial charge on any atom is 0.409 e. The molecule has 0 aliphatic carbocycles. The predicted molar refractivity (Wildman–Crippen MR) is 89.3 cm³/mol. The quantitative estimate of drug-likeness (QED) is 0.808. The Morgan fingerprint density at radius 2 is 1.62 bits per heavy atom. The molecular formula is C18H19N3O3. The van der Waals surface area contributed by atoms with Crippen molar-refractivity contribution < 1.29 is 14.3 Å². The lowest BCUT2D eigenvalue weighted by Gasteiger charge is -2.26. The van der Waals surface area contributed by atoms with Gasteiger partial charge in [0, 0.05) is 13.0 Å². The number of nitrogens with one attached hydrogen (secondary N) is 3. The summed E-state index contributed by atoms with van der Waals surface area (Å²) in [5, 5.41) is 7.96. The van der Waals surface area contributed by atoms with Crippen LogP contribution < -0.4 is 16.0 Å². The van der Waals surface area contributed by atoms with Crippen LogP contribution in [-0.4, -0.2) is 24.8 Å². The van der Waals surface area contributed by atoms with Crippen LogP contribution in [0.25, 0.3) is 0 Å². The highest BCUT2D eigenvalue weighted by Gasteiger charge is 2.23. The average molecular weight is 325 g/mol. The molecule has 0 radical (unpaired) electrons. The molecule has 1 aliphatic heterocycles. The Hall–Kier alpha value is -3.02. The standard InChI is InChI=1S/C18H19N3O3/c22-17-19-12-11-15(20-17)21-18(23)24-16(13-7-3-1-4-8-13)14-9-5-2-6-10-14/h1-10,15-16H,11-12H2,(H,21,23)(H2,19,20,22). The molecular weight excluding hydrogens is 306 g/mol. The molecule has 3 amide bonds. The molecule has 3 N–H and O–H groups in total. The number of alkyl carbamates (subject to hydrolysis) is 1. The minimum Gasteiger partial charge on any atom is -0.436 e. The Labute approximate surface area is 140 Å². The highest BCUT2D eigenvalue weighted by molar-refractivity contribution is 5.76. The number of carbonyl (C=O) groups is 2. The van der Waals surface area contributed by atoms with Crippen molar-refractivity contribution >= 4 is 12.1 Å². The van der Waals surface area contributed by atoms with E-state index in [1.165, 1.54) is 0 Å². The summed E-state index contributed by atoms with van der Waals surface area (Å²) in [4.78, 5) is 23.6. The zero-order valence-electron chi connectivity index (χ0n) is 13.1. The maximum absolute atomic E-state index is 12.3. The highest BCUT2D eigenvalue weighted by Crippen LogP contribution is 2.25. The number of ether oxygens (including phenoxy) is 1. The lowest BCUT2D eigenvalue weighted by atomic mass is 10.0. The molecule has 1 fully saturated rings. The number of benzene rings is 2. The molecule has 1 saturated heterocycles. The van der Waals surface area contributed by atoms with Crippen LogP contribution in [0.1, 0.15) is 23.7 Å². The van der Waals surface area contributed by atoms with Crippen LogP contribution in [0, 0.1) is 0 Å². The van der Waals surface area contributed by atoms with Gasteiger partial charge in [-0.2, -0.15) is 0 Å². The summed E-state index contributed by atoms with van der Waals surface area (Å²) in [6.07, 6.45) is -0.912. The first kappa shape index (κ1) is 15.9. The number of rotatable bonds is 4. The zero-order valence-corrected chi connectivity index (χ0v) is 13.1. The second-order valence-corrected chi connectivity index (χ2v) is 5.49. The average Bonchev–Trinajstić information content (AvgIpc) is 2.61. The van der Waals surface area contributed by atoms with E-state index in [9.17, 15) is 9.59 Å². The summed E-state index contributed by atoms with van der Waals surface area (Å²) in [6.45, 7) is 0.511. The van der Waals surface area contributed by atoms with Gasteiger partial charge in [-0.1, -0.05) is 60.7 Å². The van der Waals surface area contributed by atoms with E-state index in [-0.39, 0.29) is 6.03 Å². The fraction of sp³-hybridized carbons (Fsp3) is 0.222. The molecule has 1 atom stereocenters. The molecule has 0 saturated carbocycles. The van der Waals surface area contributed by atoms with Gasteiger partial charge in [0.2, 0.25) is 0 Å².